The van der Waals surface area contributed by atoms with E-state index < -0.39 is 0 Å². The Hall–Kier alpha value is -2.01. The third-order valence-corrected chi connectivity index (χ3v) is 4.31. The van der Waals surface area contributed by atoms with Gasteiger partial charge in [-0.05, 0) is 30.3 Å². The third kappa shape index (κ3) is 3.25. The second kappa shape index (κ2) is 7.08. The topological polar surface area (TPSA) is 51.0 Å². The molecule has 7 heteroatoms. The van der Waals surface area contributed by atoms with Gasteiger partial charge in [0.15, 0.2) is 11.4 Å². The molecule has 0 amide bonds. The molecule has 0 saturated carbocycles. The molecule has 2 aromatic heterocycles. The van der Waals surface area contributed by atoms with Crippen LogP contribution in [0.3, 0.4) is 0 Å². The van der Waals surface area contributed by atoms with Crippen molar-refractivity contribution in [3.05, 3.63) is 58.3 Å². The van der Waals surface area contributed by atoms with Crippen LogP contribution in [0, 0.1) is 0 Å². The number of furan rings is 1. The summed E-state index contributed by atoms with van der Waals surface area (Å²) in [5.41, 5.74) is 2.90. The Bertz CT molecular complexity index is 1060. The average molecular weight is 395 g/mol. The maximum absolute atomic E-state index is 6.26. The zero-order valence-corrected chi connectivity index (χ0v) is 15.5. The lowest BCUT2D eigenvalue weighted by atomic mass is 10.2. The summed E-state index contributed by atoms with van der Waals surface area (Å²) in [6, 6.07) is 13.1. The molecular weight excluding hydrogens is 381 g/mol. The number of hydrogen-bond acceptors (Lipinski definition) is 4. The summed E-state index contributed by atoms with van der Waals surface area (Å²) in [5.74, 6) is 1.33. The van der Waals surface area contributed by atoms with Crippen LogP contribution in [0.5, 0.6) is 0 Å². The van der Waals surface area contributed by atoms with Gasteiger partial charge >= 0.3 is 0 Å². The molecule has 0 aliphatic rings. The Morgan fingerprint density at radius 1 is 1.08 bits per heavy atom. The summed E-state index contributed by atoms with van der Waals surface area (Å²) in [7, 11) is 0. The lowest BCUT2D eigenvalue weighted by molar-refractivity contribution is 0.666. The summed E-state index contributed by atoms with van der Waals surface area (Å²) in [6.07, 6.45) is 0.721. The van der Waals surface area contributed by atoms with Gasteiger partial charge in [-0.1, -0.05) is 42.3 Å². The van der Waals surface area contributed by atoms with Crippen molar-refractivity contribution in [3.8, 4) is 0 Å². The number of rotatable bonds is 3. The Balaban J connectivity index is 0.00000182. The predicted molar refractivity (Wildman–Crippen MR) is 106 cm³/mol. The van der Waals surface area contributed by atoms with E-state index in [-0.39, 0.29) is 12.4 Å². The zero-order chi connectivity index (χ0) is 16.7. The molecular formula is C18H14Cl3N3O. The first-order chi connectivity index (χ1) is 11.7. The van der Waals surface area contributed by atoms with Gasteiger partial charge in [0.05, 0.1) is 10.7 Å². The van der Waals surface area contributed by atoms with Gasteiger partial charge in [0.1, 0.15) is 16.9 Å². The van der Waals surface area contributed by atoms with Crippen molar-refractivity contribution in [1.82, 2.24) is 9.97 Å². The van der Waals surface area contributed by atoms with Gasteiger partial charge in [-0.15, -0.1) is 12.4 Å². The van der Waals surface area contributed by atoms with Crippen LogP contribution in [0.25, 0.3) is 22.1 Å². The Morgan fingerprint density at radius 3 is 2.64 bits per heavy atom. The number of aromatic nitrogens is 2. The molecule has 0 atom stereocenters. The second-order valence-corrected chi connectivity index (χ2v) is 6.21. The Morgan fingerprint density at radius 2 is 1.88 bits per heavy atom. The second-order valence-electron chi connectivity index (χ2n) is 5.37. The van der Waals surface area contributed by atoms with E-state index in [2.05, 4.69) is 15.3 Å². The maximum Gasteiger partial charge on any atom is 0.196 e. The van der Waals surface area contributed by atoms with Gasteiger partial charge in [-0.3, -0.25) is 0 Å². The number of nitrogens with zero attached hydrogens (tertiary/aromatic N) is 2. The largest absolute Gasteiger partial charge is 0.450 e. The van der Waals surface area contributed by atoms with Crippen molar-refractivity contribution in [1.29, 1.82) is 0 Å². The molecule has 4 aromatic rings. The molecule has 4 rings (SSSR count). The van der Waals surface area contributed by atoms with E-state index in [9.17, 15) is 0 Å². The van der Waals surface area contributed by atoms with E-state index in [4.69, 9.17) is 27.6 Å². The number of anilines is 2. The van der Waals surface area contributed by atoms with E-state index in [1.165, 1.54) is 0 Å². The van der Waals surface area contributed by atoms with Crippen molar-refractivity contribution >= 4 is 69.2 Å². The van der Waals surface area contributed by atoms with E-state index in [1.807, 2.05) is 37.3 Å². The van der Waals surface area contributed by atoms with Crippen LogP contribution in [0.4, 0.5) is 11.5 Å². The fraction of sp³-hybridized carbons (Fsp3) is 0.111. The third-order valence-electron chi connectivity index (χ3n) is 3.77. The van der Waals surface area contributed by atoms with Gasteiger partial charge in [-0.2, -0.15) is 0 Å². The van der Waals surface area contributed by atoms with Crippen LogP contribution in [-0.4, -0.2) is 9.97 Å². The van der Waals surface area contributed by atoms with Crippen LogP contribution in [-0.2, 0) is 6.42 Å². The van der Waals surface area contributed by atoms with Gasteiger partial charge in [0, 0.05) is 16.8 Å². The van der Waals surface area contributed by atoms with Crippen LogP contribution >= 0.6 is 35.6 Å². The molecule has 0 saturated heterocycles. The molecule has 0 aliphatic heterocycles. The lowest BCUT2D eigenvalue weighted by Gasteiger charge is -2.09. The summed E-state index contributed by atoms with van der Waals surface area (Å²) in [5, 5.41) is 5.31. The normalized spacial score (nSPS) is 10.8. The van der Waals surface area contributed by atoms with Gasteiger partial charge in [0.2, 0.25) is 0 Å². The smallest absolute Gasteiger partial charge is 0.196 e. The average Bonchev–Trinajstić information content (AvgIpc) is 2.96. The van der Waals surface area contributed by atoms with Crippen LogP contribution in [0.2, 0.25) is 10.0 Å². The highest BCUT2D eigenvalue weighted by molar-refractivity contribution is 6.36. The fourth-order valence-electron chi connectivity index (χ4n) is 2.60. The standard InChI is InChI=1S/C18H13Cl2N3O.ClH/c1-2-15-22-16-11-5-3-4-6-14(11)24-17(16)18(23-15)21-13-8-7-10(19)9-12(13)20;/h3-9H,2H2,1H3,(H,21,22,23);1H. The lowest BCUT2D eigenvalue weighted by Crippen LogP contribution is -2.00. The highest BCUT2D eigenvalue weighted by atomic mass is 35.5. The molecule has 128 valence electrons. The molecule has 25 heavy (non-hydrogen) atoms. The number of para-hydroxylation sites is 1. The van der Waals surface area contributed by atoms with Gasteiger partial charge < -0.3 is 9.73 Å². The van der Waals surface area contributed by atoms with Gasteiger partial charge in [0.25, 0.3) is 0 Å². The van der Waals surface area contributed by atoms with Crippen LogP contribution in [0.1, 0.15) is 12.7 Å². The molecule has 4 nitrogen and oxygen atoms in total. The van der Waals surface area contributed by atoms with E-state index in [0.717, 1.165) is 28.7 Å². The van der Waals surface area contributed by atoms with E-state index in [1.54, 1.807) is 12.1 Å². The molecule has 0 bridgehead atoms. The first-order valence-electron chi connectivity index (χ1n) is 7.56. The fourth-order valence-corrected chi connectivity index (χ4v) is 3.05. The number of benzene rings is 2. The summed E-state index contributed by atoms with van der Waals surface area (Å²) in [6.45, 7) is 2.02. The van der Waals surface area contributed by atoms with Crippen molar-refractivity contribution in [2.75, 3.05) is 5.32 Å². The zero-order valence-electron chi connectivity index (χ0n) is 13.2. The van der Waals surface area contributed by atoms with Gasteiger partial charge in [-0.25, -0.2) is 9.97 Å². The maximum atomic E-state index is 6.26. The molecule has 0 unspecified atom stereocenters. The molecule has 0 aliphatic carbocycles. The first-order valence-corrected chi connectivity index (χ1v) is 8.31. The minimum absolute atomic E-state index is 0. The number of hydrogen-bond donors (Lipinski definition) is 1. The summed E-state index contributed by atoms with van der Waals surface area (Å²) in [4.78, 5) is 9.19. The van der Waals surface area contributed by atoms with E-state index >= 15 is 0 Å². The molecule has 0 spiro atoms. The summed E-state index contributed by atoms with van der Waals surface area (Å²) >= 11 is 12.2. The van der Waals surface area contributed by atoms with Crippen molar-refractivity contribution in [3.63, 3.8) is 0 Å². The van der Waals surface area contributed by atoms with Crippen LogP contribution in [0.15, 0.2) is 46.9 Å². The number of aryl methyl sites for hydroxylation is 1. The minimum atomic E-state index is 0. The number of fused-ring (bicyclic) bond motifs is 3. The molecule has 0 fully saturated rings. The minimum Gasteiger partial charge on any atom is -0.450 e. The first kappa shape index (κ1) is 17.8. The number of halogens is 3. The van der Waals surface area contributed by atoms with Crippen molar-refractivity contribution < 1.29 is 4.42 Å². The molecule has 1 N–H and O–H groups in total. The van der Waals surface area contributed by atoms with Crippen molar-refractivity contribution in [2.24, 2.45) is 0 Å². The molecule has 0 radical (unpaired) electrons. The highest BCUT2D eigenvalue weighted by Gasteiger charge is 2.16. The summed E-state index contributed by atoms with van der Waals surface area (Å²) < 4.78 is 5.96. The Labute approximate surface area is 160 Å². The highest BCUT2D eigenvalue weighted by Crippen LogP contribution is 2.34. The Kier molecular flexibility index (Phi) is 5.04. The van der Waals surface area contributed by atoms with Crippen molar-refractivity contribution in [2.45, 2.75) is 13.3 Å². The monoisotopic (exact) mass is 393 g/mol. The molecule has 2 aromatic carbocycles. The quantitative estimate of drug-likeness (QED) is 0.436. The SMILES string of the molecule is CCc1nc(Nc2ccc(Cl)cc2Cl)c2oc3ccccc3c2n1.Cl. The van der Waals surface area contributed by atoms with Crippen LogP contribution < -0.4 is 5.32 Å². The predicted octanol–water partition coefficient (Wildman–Crippen LogP) is 6.41. The van der Waals surface area contributed by atoms with E-state index in [0.29, 0.717) is 27.1 Å². The number of nitrogens with one attached hydrogen (secondary N) is 1. The molecule has 2 heterocycles.